The lowest BCUT2D eigenvalue weighted by Gasteiger charge is -2.09. The number of fused-ring (bicyclic) bond motifs is 1. The van der Waals surface area contributed by atoms with E-state index >= 15 is 0 Å². The third kappa shape index (κ3) is 4.01. The van der Waals surface area contributed by atoms with Crippen molar-refractivity contribution in [3.8, 4) is 0 Å². The summed E-state index contributed by atoms with van der Waals surface area (Å²) < 4.78 is 32.5. The molecule has 1 heterocycles. The Balaban J connectivity index is 1.56. The second-order valence-electron chi connectivity index (χ2n) is 5.51. The minimum absolute atomic E-state index is 0.186. The van der Waals surface area contributed by atoms with Crippen LogP contribution < -0.4 is 10.0 Å². The molecule has 0 aliphatic carbocycles. The number of nitrogens with one attached hydrogen (secondary N) is 2. The molecule has 0 aliphatic rings. The number of carboxylic acid groups (broad SMARTS) is 1. The van der Waals surface area contributed by atoms with Gasteiger partial charge in [0.05, 0.1) is 15.2 Å². The number of sulfonamides is 1. The fourth-order valence-electron chi connectivity index (χ4n) is 2.47. The van der Waals surface area contributed by atoms with Crippen LogP contribution in [0.15, 0.2) is 53.4 Å². The first-order valence-electron chi connectivity index (χ1n) is 7.89. The summed E-state index contributed by atoms with van der Waals surface area (Å²) in [5.74, 6) is -0.493. The maximum absolute atomic E-state index is 12.3. The van der Waals surface area contributed by atoms with E-state index in [4.69, 9.17) is 5.11 Å². The monoisotopic (exact) mass is 391 g/mol. The molecule has 136 valence electrons. The van der Waals surface area contributed by atoms with Crippen molar-refractivity contribution in [3.63, 3.8) is 0 Å². The van der Waals surface area contributed by atoms with Gasteiger partial charge in [-0.2, -0.15) is 4.37 Å². The number of carboxylic acids is 1. The first kappa shape index (κ1) is 18.3. The van der Waals surface area contributed by atoms with E-state index in [0.717, 1.165) is 15.9 Å². The van der Waals surface area contributed by atoms with Gasteiger partial charge in [-0.1, -0.05) is 24.3 Å². The smallest absolute Gasteiger partial charge is 0.337 e. The number of aromatic nitrogens is 1. The summed E-state index contributed by atoms with van der Waals surface area (Å²) in [4.78, 5) is 10.9. The minimum atomic E-state index is -3.88. The number of rotatable bonds is 8. The summed E-state index contributed by atoms with van der Waals surface area (Å²) in [6, 6.07) is 13.4. The highest BCUT2D eigenvalue weighted by Crippen LogP contribution is 2.25. The lowest BCUT2D eigenvalue weighted by Crippen LogP contribution is -2.27. The van der Waals surface area contributed by atoms with Gasteiger partial charge in [-0.3, -0.25) is 0 Å². The van der Waals surface area contributed by atoms with Crippen molar-refractivity contribution in [2.24, 2.45) is 0 Å². The molecule has 0 unspecified atom stereocenters. The van der Waals surface area contributed by atoms with Gasteiger partial charge in [0.15, 0.2) is 0 Å². The van der Waals surface area contributed by atoms with E-state index in [0.29, 0.717) is 13.0 Å². The van der Waals surface area contributed by atoms with Crippen LogP contribution >= 0.6 is 11.5 Å². The van der Waals surface area contributed by atoms with E-state index in [2.05, 4.69) is 14.4 Å². The summed E-state index contributed by atoms with van der Waals surface area (Å²) in [6.07, 6.45) is 0.528. The molecule has 0 atom stereocenters. The predicted octanol–water partition coefficient (Wildman–Crippen LogP) is 2.78. The maximum atomic E-state index is 12.3. The first-order chi connectivity index (χ1) is 12.5. The predicted molar refractivity (Wildman–Crippen MR) is 101 cm³/mol. The highest BCUT2D eigenvalue weighted by atomic mass is 32.2. The third-order valence-electron chi connectivity index (χ3n) is 3.72. The molecule has 0 amide bonds. The zero-order valence-electron chi connectivity index (χ0n) is 13.7. The van der Waals surface area contributed by atoms with Crippen LogP contribution in [0.1, 0.15) is 16.8 Å². The maximum Gasteiger partial charge on any atom is 0.337 e. The van der Waals surface area contributed by atoms with Crippen LogP contribution in [-0.2, 0) is 10.0 Å². The fourth-order valence-corrected chi connectivity index (χ4v) is 4.50. The summed E-state index contributed by atoms with van der Waals surface area (Å²) in [5.41, 5.74) is -0.243. The van der Waals surface area contributed by atoms with Crippen molar-refractivity contribution in [2.75, 3.05) is 18.4 Å². The van der Waals surface area contributed by atoms with E-state index < -0.39 is 16.0 Å². The molecular formula is C17H17N3O4S2. The van der Waals surface area contributed by atoms with Crippen molar-refractivity contribution in [3.05, 3.63) is 54.1 Å². The third-order valence-corrected chi connectivity index (χ3v) is 6.07. The van der Waals surface area contributed by atoms with Gasteiger partial charge in [0.25, 0.3) is 0 Å². The SMILES string of the molecule is O=C(O)c1ccccc1S(=O)(=O)NCCCNc1nsc2ccccc12. The Morgan fingerprint density at radius 3 is 2.62 bits per heavy atom. The van der Waals surface area contributed by atoms with Gasteiger partial charge < -0.3 is 10.4 Å². The molecule has 26 heavy (non-hydrogen) atoms. The van der Waals surface area contributed by atoms with Crippen LogP contribution in [0, 0.1) is 0 Å². The molecule has 0 aliphatic heterocycles. The average molecular weight is 391 g/mol. The van der Waals surface area contributed by atoms with Crippen molar-refractivity contribution in [2.45, 2.75) is 11.3 Å². The molecule has 3 N–H and O–H groups in total. The molecule has 0 saturated carbocycles. The summed E-state index contributed by atoms with van der Waals surface area (Å²) >= 11 is 1.40. The van der Waals surface area contributed by atoms with Gasteiger partial charge in [-0.05, 0) is 42.2 Å². The zero-order chi connectivity index (χ0) is 18.6. The largest absolute Gasteiger partial charge is 0.478 e. The Kier molecular flexibility index (Phi) is 5.50. The van der Waals surface area contributed by atoms with Gasteiger partial charge in [0.1, 0.15) is 5.82 Å². The molecule has 1 aromatic heterocycles. The van der Waals surface area contributed by atoms with E-state index in [1.54, 1.807) is 0 Å². The molecule has 3 aromatic rings. The molecular weight excluding hydrogens is 374 g/mol. The fraction of sp³-hybridized carbons (Fsp3) is 0.176. The first-order valence-corrected chi connectivity index (χ1v) is 10.1. The van der Waals surface area contributed by atoms with Crippen LogP contribution in [0.5, 0.6) is 0 Å². The van der Waals surface area contributed by atoms with E-state index in [9.17, 15) is 13.2 Å². The number of benzene rings is 2. The quantitative estimate of drug-likeness (QED) is 0.510. The van der Waals surface area contributed by atoms with Gasteiger partial charge >= 0.3 is 5.97 Å². The zero-order valence-corrected chi connectivity index (χ0v) is 15.3. The molecule has 7 nitrogen and oxygen atoms in total. The number of hydrogen-bond donors (Lipinski definition) is 3. The molecule has 9 heteroatoms. The minimum Gasteiger partial charge on any atom is -0.478 e. The molecule has 2 aromatic carbocycles. The second kappa shape index (κ2) is 7.81. The van der Waals surface area contributed by atoms with Gasteiger partial charge in [-0.25, -0.2) is 17.9 Å². The summed E-state index contributed by atoms with van der Waals surface area (Å²) in [5, 5.41) is 13.4. The molecule has 0 saturated heterocycles. The van der Waals surface area contributed by atoms with Crippen LogP contribution in [0.25, 0.3) is 10.1 Å². The molecule has 0 bridgehead atoms. The molecule has 3 rings (SSSR count). The summed E-state index contributed by atoms with van der Waals surface area (Å²) in [7, 11) is -3.88. The number of nitrogens with zero attached hydrogens (tertiary/aromatic N) is 1. The van der Waals surface area contributed by atoms with E-state index in [1.807, 2.05) is 24.3 Å². The topological polar surface area (TPSA) is 108 Å². The molecule has 0 fully saturated rings. The van der Waals surface area contributed by atoms with Crippen LogP contribution in [0.2, 0.25) is 0 Å². The lowest BCUT2D eigenvalue weighted by atomic mass is 10.2. The Labute approximate surface area is 154 Å². The van der Waals surface area contributed by atoms with Crippen molar-refractivity contribution in [1.29, 1.82) is 0 Å². The number of aromatic carboxylic acids is 1. The van der Waals surface area contributed by atoms with E-state index in [-0.39, 0.29) is 17.0 Å². The van der Waals surface area contributed by atoms with Gasteiger partial charge in [0.2, 0.25) is 10.0 Å². The van der Waals surface area contributed by atoms with Gasteiger partial charge in [0, 0.05) is 18.5 Å². The Morgan fingerprint density at radius 2 is 1.81 bits per heavy atom. The second-order valence-corrected chi connectivity index (χ2v) is 8.05. The Hall–Kier alpha value is -2.49. The average Bonchev–Trinajstić information content (AvgIpc) is 3.04. The number of carbonyl (C=O) groups is 1. The Morgan fingerprint density at radius 1 is 1.08 bits per heavy atom. The van der Waals surface area contributed by atoms with Gasteiger partial charge in [-0.15, -0.1) is 0 Å². The number of hydrogen-bond acceptors (Lipinski definition) is 6. The molecule has 0 spiro atoms. The Bertz CT molecular complexity index is 1030. The van der Waals surface area contributed by atoms with Crippen LogP contribution in [-0.4, -0.2) is 37.0 Å². The van der Waals surface area contributed by atoms with E-state index in [1.165, 1.54) is 35.8 Å². The number of anilines is 1. The standard InChI is InChI=1S/C17H17N3O4S2/c21-17(22)13-7-2-4-9-15(13)26(23,24)19-11-5-10-18-16-12-6-1-3-8-14(12)25-20-16/h1-4,6-9,19H,5,10-11H2,(H,18,20)(H,21,22). The van der Waals surface area contributed by atoms with Crippen LogP contribution in [0.4, 0.5) is 5.82 Å². The summed E-state index contributed by atoms with van der Waals surface area (Å²) in [6.45, 7) is 0.724. The van der Waals surface area contributed by atoms with Crippen LogP contribution in [0.3, 0.4) is 0 Å². The van der Waals surface area contributed by atoms with Crippen molar-refractivity contribution >= 4 is 43.4 Å². The highest BCUT2D eigenvalue weighted by Gasteiger charge is 2.21. The normalized spacial score (nSPS) is 11.5. The molecule has 0 radical (unpaired) electrons. The lowest BCUT2D eigenvalue weighted by molar-refractivity contribution is 0.0692. The highest BCUT2D eigenvalue weighted by molar-refractivity contribution is 7.89. The van der Waals surface area contributed by atoms with Crippen molar-refractivity contribution < 1.29 is 18.3 Å². The van der Waals surface area contributed by atoms with Crippen molar-refractivity contribution in [1.82, 2.24) is 9.10 Å².